The fraction of sp³-hybridized carbons (Fsp3) is 0.417. The predicted molar refractivity (Wildman–Crippen MR) is 114 cm³/mol. The van der Waals surface area contributed by atoms with Crippen molar-refractivity contribution in [3.05, 3.63) is 65.4 Å². The Kier molecular flexibility index (Phi) is 4.22. The number of aromatic nitrogens is 1. The van der Waals surface area contributed by atoms with E-state index in [2.05, 4.69) is 72.0 Å². The van der Waals surface area contributed by atoms with E-state index < -0.39 is 0 Å². The van der Waals surface area contributed by atoms with Crippen LogP contribution in [0.2, 0.25) is 0 Å². The van der Waals surface area contributed by atoms with Crippen LogP contribution in [0.5, 0.6) is 5.75 Å². The molecule has 0 bridgehead atoms. The van der Waals surface area contributed by atoms with E-state index in [9.17, 15) is 5.11 Å². The number of phenols is 1. The summed E-state index contributed by atoms with van der Waals surface area (Å²) in [5.41, 5.74) is 5.24. The van der Waals surface area contributed by atoms with Crippen molar-refractivity contribution >= 4 is 10.9 Å². The SMILES string of the molecule is CN(C)[C@H]1CN(C2CCc3cccc(O)c32)C[C@@H]1c1cn(C)c2ccccc12. The van der Waals surface area contributed by atoms with Crippen LogP contribution in [-0.4, -0.2) is 52.7 Å². The summed E-state index contributed by atoms with van der Waals surface area (Å²) >= 11 is 0. The Morgan fingerprint density at radius 1 is 1.04 bits per heavy atom. The molecule has 1 fully saturated rings. The molecule has 4 nitrogen and oxygen atoms in total. The molecule has 0 spiro atoms. The molecule has 2 aromatic carbocycles. The highest BCUT2D eigenvalue weighted by Gasteiger charge is 2.41. The van der Waals surface area contributed by atoms with Gasteiger partial charge in [0, 0.05) is 60.8 Å². The number of phenolic OH excluding ortho intramolecular Hbond substituents is 1. The van der Waals surface area contributed by atoms with Crippen LogP contribution in [0.15, 0.2) is 48.7 Å². The van der Waals surface area contributed by atoms with Crippen LogP contribution in [0.3, 0.4) is 0 Å². The van der Waals surface area contributed by atoms with Crippen molar-refractivity contribution in [1.82, 2.24) is 14.4 Å². The molecule has 1 aliphatic heterocycles. The van der Waals surface area contributed by atoms with Crippen molar-refractivity contribution in [2.45, 2.75) is 30.8 Å². The Labute approximate surface area is 167 Å². The van der Waals surface area contributed by atoms with Gasteiger partial charge in [-0.3, -0.25) is 4.90 Å². The molecule has 5 rings (SSSR count). The fourth-order valence-corrected chi connectivity index (χ4v) is 5.57. The molecule has 1 N–H and O–H groups in total. The maximum absolute atomic E-state index is 10.5. The monoisotopic (exact) mass is 375 g/mol. The highest BCUT2D eigenvalue weighted by Crippen LogP contribution is 2.45. The fourth-order valence-electron chi connectivity index (χ4n) is 5.57. The molecule has 0 saturated carbocycles. The maximum atomic E-state index is 10.5. The highest BCUT2D eigenvalue weighted by molar-refractivity contribution is 5.84. The summed E-state index contributed by atoms with van der Waals surface area (Å²) in [6.45, 7) is 2.08. The lowest BCUT2D eigenvalue weighted by Gasteiger charge is -2.26. The smallest absolute Gasteiger partial charge is 0.120 e. The predicted octanol–water partition coefficient (Wildman–Crippen LogP) is 3.90. The normalized spacial score (nSPS) is 25.1. The molecule has 1 saturated heterocycles. The Bertz CT molecular complexity index is 1020. The minimum absolute atomic E-state index is 0.332. The van der Waals surface area contributed by atoms with E-state index >= 15 is 0 Å². The standard InChI is InChI=1S/C24H29N3O/c1-25(2)22-15-27(21-12-11-16-7-6-10-23(28)24(16)21)14-19(22)18-13-26(3)20-9-5-4-8-17(18)20/h4-10,13,19,21-22,28H,11-12,14-15H2,1-3H3/t19-,21?,22+/m1/s1. The lowest BCUT2D eigenvalue weighted by molar-refractivity contribution is 0.213. The molecular formula is C24H29N3O. The van der Waals surface area contributed by atoms with Gasteiger partial charge in [-0.15, -0.1) is 0 Å². The highest BCUT2D eigenvalue weighted by atomic mass is 16.3. The number of likely N-dealkylation sites (N-methyl/N-ethyl adjacent to an activating group) is 1. The van der Waals surface area contributed by atoms with Crippen LogP contribution >= 0.6 is 0 Å². The van der Waals surface area contributed by atoms with Crippen molar-refractivity contribution in [2.24, 2.45) is 7.05 Å². The van der Waals surface area contributed by atoms with Crippen LogP contribution in [-0.2, 0) is 13.5 Å². The second kappa shape index (κ2) is 6.64. The van der Waals surface area contributed by atoms with Crippen LogP contribution in [0.1, 0.15) is 35.1 Å². The lowest BCUT2D eigenvalue weighted by Crippen LogP contribution is -2.35. The van der Waals surface area contributed by atoms with Gasteiger partial charge in [0.2, 0.25) is 0 Å². The van der Waals surface area contributed by atoms with Crippen LogP contribution in [0.4, 0.5) is 0 Å². The van der Waals surface area contributed by atoms with Gasteiger partial charge >= 0.3 is 0 Å². The summed E-state index contributed by atoms with van der Waals surface area (Å²) in [5, 5.41) is 11.9. The van der Waals surface area contributed by atoms with E-state index in [1.165, 1.54) is 27.6 Å². The molecule has 4 heteroatoms. The largest absolute Gasteiger partial charge is 0.508 e. The molecular weight excluding hydrogens is 346 g/mol. The topological polar surface area (TPSA) is 31.6 Å². The molecule has 1 aromatic heterocycles. The van der Waals surface area contributed by atoms with Gasteiger partial charge < -0.3 is 14.6 Å². The van der Waals surface area contributed by atoms with Gasteiger partial charge in [-0.25, -0.2) is 0 Å². The third-order valence-corrected chi connectivity index (χ3v) is 6.94. The Morgan fingerprint density at radius 2 is 1.86 bits per heavy atom. The zero-order chi connectivity index (χ0) is 19.4. The second-order valence-corrected chi connectivity index (χ2v) is 8.71. The van der Waals surface area contributed by atoms with E-state index in [-0.39, 0.29) is 0 Å². The van der Waals surface area contributed by atoms with Gasteiger partial charge in [0.25, 0.3) is 0 Å². The average molecular weight is 376 g/mol. The molecule has 28 heavy (non-hydrogen) atoms. The van der Waals surface area contributed by atoms with Gasteiger partial charge in [-0.2, -0.15) is 0 Å². The van der Waals surface area contributed by atoms with Crippen molar-refractivity contribution in [3.8, 4) is 5.75 Å². The summed E-state index contributed by atoms with van der Waals surface area (Å²) in [7, 11) is 6.55. The van der Waals surface area contributed by atoms with Crippen LogP contribution in [0, 0.1) is 0 Å². The molecule has 2 aliphatic rings. The first kappa shape index (κ1) is 17.8. The number of nitrogens with zero attached hydrogens (tertiary/aromatic N) is 3. The summed E-state index contributed by atoms with van der Waals surface area (Å²) in [4.78, 5) is 5.00. The van der Waals surface area contributed by atoms with Gasteiger partial charge in [-0.05, 0) is 50.2 Å². The van der Waals surface area contributed by atoms with Crippen molar-refractivity contribution in [3.63, 3.8) is 0 Å². The zero-order valence-electron chi connectivity index (χ0n) is 17.0. The summed E-state index contributed by atoms with van der Waals surface area (Å²) < 4.78 is 2.26. The quantitative estimate of drug-likeness (QED) is 0.753. The molecule has 0 amide bonds. The first-order chi connectivity index (χ1) is 13.5. The molecule has 0 radical (unpaired) electrons. The third kappa shape index (κ3) is 2.66. The number of fused-ring (bicyclic) bond motifs is 2. The van der Waals surface area contributed by atoms with Gasteiger partial charge in [0.15, 0.2) is 0 Å². The number of aryl methyl sites for hydroxylation is 2. The lowest BCUT2D eigenvalue weighted by atomic mass is 9.93. The maximum Gasteiger partial charge on any atom is 0.120 e. The molecule has 146 valence electrons. The van der Waals surface area contributed by atoms with Gasteiger partial charge in [-0.1, -0.05) is 30.3 Å². The zero-order valence-corrected chi connectivity index (χ0v) is 17.0. The Balaban J connectivity index is 1.52. The van der Waals surface area contributed by atoms with Gasteiger partial charge in [0.1, 0.15) is 5.75 Å². The van der Waals surface area contributed by atoms with E-state index in [4.69, 9.17) is 0 Å². The third-order valence-electron chi connectivity index (χ3n) is 6.94. The second-order valence-electron chi connectivity index (χ2n) is 8.71. The van der Waals surface area contributed by atoms with Crippen LogP contribution < -0.4 is 0 Å². The Hall–Kier alpha value is -2.30. The van der Waals surface area contributed by atoms with Crippen molar-refractivity contribution in [1.29, 1.82) is 0 Å². The summed E-state index contributed by atoms with van der Waals surface area (Å²) in [6.07, 6.45) is 4.50. The minimum atomic E-state index is 0.332. The summed E-state index contributed by atoms with van der Waals surface area (Å²) in [5.74, 6) is 0.936. The summed E-state index contributed by atoms with van der Waals surface area (Å²) in [6, 6.07) is 15.5. The molecule has 3 atom stereocenters. The van der Waals surface area contributed by atoms with Crippen molar-refractivity contribution < 1.29 is 5.11 Å². The number of para-hydroxylation sites is 1. The van der Waals surface area contributed by atoms with Crippen molar-refractivity contribution in [2.75, 3.05) is 27.2 Å². The minimum Gasteiger partial charge on any atom is -0.508 e. The molecule has 1 aliphatic carbocycles. The number of rotatable bonds is 3. The average Bonchev–Trinajstić information content (AvgIpc) is 3.37. The number of likely N-dealkylation sites (tertiary alicyclic amines) is 1. The number of hydrogen-bond acceptors (Lipinski definition) is 3. The first-order valence-corrected chi connectivity index (χ1v) is 10.3. The number of hydrogen-bond donors (Lipinski definition) is 1. The van der Waals surface area contributed by atoms with E-state index in [1.54, 1.807) is 0 Å². The molecule has 1 unspecified atom stereocenters. The molecule has 2 heterocycles. The van der Waals surface area contributed by atoms with E-state index in [0.717, 1.165) is 25.9 Å². The van der Waals surface area contributed by atoms with Crippen LogP contribution in [0.25, 0.3) is 10.9 Å². The first-order valence-electron chi connectivity index (χ1n) is 10.3. The van der Waals surface area contributed by atoms with Gasteiger partial charge in [0.05, 0.1) is 0 Å². The number of aromatic hydroxyl groups is 1. The van der Waals surface area contributed by atoms with E-state index in [1.807, 2.05) is 12.1 Å². The van der Waals surface area contributed by atoms with E-state index in [0.29, 0.717) is 23.8 Å². The molecule has 3 aromatic rings. The number of benzene rings is 2. The Morgan fingerprint density at radius 3 is 2.68 bits per heavy atom.